The summed E-state index contributed by atoms with van der Waals surface area (Å²) < 4.78 is 0. The van der Waals surface area contributed by atoms with E-state index >= 15 is 0 Å². The average Bonchev–Trinajstić information content (AvgIpc) is 2.45. The van der Waals surface area contributed by atoms with Crippen molar-refractivity contribution < 1.29 is 0 Å². The third-order valence-corrected chi connectivity index (χ3v) is 4.98. The Morgan fingerprint density at radius 1 is 1.25 bits per heavy atom. The Bertz CT molecular complexity index is 604. The number of nitrogens with zero attached hydrogens (tertiary/aromatic N) is 2. The van der Waals surface area contributed by atoms with Crippen molar-refractivity contribution in [3.05, 3.63) is 35.9 Å². The van der Waals surface area contributed by atoms with E-state index in [0.29, 0.717) is 17.0 Å². The third kappa shape index (κ3) is 2.63. The van der Waals surface area contributed by atoms with Crippen LogP contribution in [-0.2, 0) is 6.54 Å². The molecule has 4 heteroatoms. The fraction of sp³-hybridized carbons (Fsp3) is 0.438. The topological polar surface area (TPSA) is 42.1 Å². The molecular formula is C16H21N3S. The van der Waals surface area contributed by atoms with Gasteiger partial charge in [0.2, 0.25) is 0 Å². The van der Waals surface area contributed by atoms with Crippen molar-refractivity contribution in [2.24, 2.45) is 5.73 Å². The smallest absolute Gasteiger partial charge is 0.129 e. The maximum absolute atomic E-state index is 5.92. The number of hydrogen-bond donors (Lipinski definition) is 1. The summed E-state index contributed by atoms with van der Waals surface area (Å²) in [7, 11) is 0. The first-order valence-corrected chi connectivity index (χ1v) is 8.11. The first-order chi connectivity index (χ1) is 9.67. The van der Waals surface area contributed by atoms with Gasteiger partial charge in [0.25, 0.3) is 0 Å². The number of aromatic nitrogens is 1. The highest BCUT2D eigenvalue weighted by atomic mass is 32.2. The summed E-state index contributed by atoms with van der Waals surface area (Å²) in [5.41, 5.74) is 8.15. The summed E-state index contributed by atoms with van der Waals surface area (Å²) in [5, 5.41) is 2.47. The zero-order valence-corrected chi connectivity index (χ0v) is 12.9. The van der Waals surface area contributed by atoms with Crippen molar-refractivity contribution in [1.29, 1.82) is 0 Å². The van der Waals surface area contributed by atoms with Crippen LogP contribution >= 0.6 is 11.8 Å². The van der Waals surface area contributed by atoms with Crippen LogP contribution in [0.2, 0.25) is 0 Å². The number of hydrogen-bond acceptors (Lipinski definition) is 4. The van der Waals surface area contributed by atoms with Crippen LogP contribution in [0.5, 0.6) is 0 Å². The molecule has 20 heavy (non-hydrogen) atoms. The van der Waals surface area contributed by atoms with E-state index in [1.54, 1.807) is 0 Å². The molecular weight excluding hydrogens is 266 g/mol. The Kier molecular flexibility index (Phi) is 3.85. The molecule has 0 spiro atoms. The van der Waals surface area contributed by atoms with Crippen molar-refractivity contribution in [3.8, 4) is 0 Å². The Morgan fingerprint density at radius 3 is 2.65 bits per heavy atom. The van der Waals surface area contributed by atoms with Crippen LogP contribution in [0.25, 0.3) is 10.9 Å². The van der Waals surface area contributed by atoms with Gasteiger partial charge in [0, 0.05) is 35.5 Å². The van der Waals surface area contributed by atoms with Gasteiger partial charge in [-0.05, 0) is 17.7 Å². The molecule has 0 radical (unpaired) electrons. The molecule has 3 rings (SSSR count). The predicted molar refractivity (Wildman–Crippen MR) is 88.4 cm³/mol. The van der Waals surface area contributed by atoms with Crippen LogP contribution in [0.3, 0.4) is 0 Å². The van der Waals surface area contributed by atoms with Crippen molar-refractivity contribution in [2.75, 3.05) is 18.0 Å². The van der Waals surface area contributed by atoms with Gasteiger partial charge >= 0.3 is 0 Å². The largest absolute Gasteiger partial charge is 0.354 e. The van der Waals surface area contributed by atoms with Crippen LogP contribution in [0.15, 0.2) is 30.3 Å². The molecule has 0 amide bonds. The van der Waals surface area contributed by atoms with Crippen LogP contribution < -0.4 is 10.6 Å². The number of anilines is 1. The van der Waals surface area contributed by atoms with E-state index in [2.05, 4.69) is 48.7 Å². The number of para-hydroxylation sites is 1. The number of nitrogens with two attached hydrogens (primary N) is 1. The van der Waals surface area contributed by atoms with Gasteiger partial charge in [0.15, 0.2) is 0 Å². The highest BCUT2D eigenvalue weighted by molar-refractivity contribution is 8.00. The predicted octanol–water partition coefficient (Wildman–Crippen LogP) is 3.02. The Labute approximate surface area is 124 Å². The first-order valence-electron chi connectivity index (χ1n) is 7.16. The number of pyridine rings is 1. The maximum Gasteiger partial charge on any atom is 0.129 e. The van der Waals surface area contributed by atoms with Crippen LogP contribution in [0.1, 0.15) is 19.4 Å². The molecule has 0 saturated carbocycles. The molecule has 1 aromatic heterocycles. The molecule has 2 aromatic rings. The van der Waals surface area contributed by atoms with Gasteiger partial charge in [-0.15, -0.1) is 0 Å². The summed E-state index contributed by atoms with van der Waals surface area (Å²) in [6.45, 7) is 7.26. The molecule has 3 nitrogen and oxygen atoms in total. The molecule has 1 saturated heterocycles. The van der Waals surface area contributed by atoms with E-state index in [0.717, 1.165) is 24.4 Å². The number of fused-ring (bicyclic) bond motifs is 1. The lowest BCUT2D eigenvalue weighted by Gasteiger charge is -2.35. The first kappa shape index (κ1) is 13.7. The second-order valence-corrected chi connectivity index (χ2v) is 7.40. The molecule has 1 aliphatic rings. The third-order valence-electron chi connectivity index (χ3n) is 3.75. The fourth-order valence-corrected chi connectivity index (χ4v) is 4.25. The van der Waals surface area contributed by atoms with Crippen molar-refractivity contribution in [2.45, 2.75) is 30.9 Å². The van der Waals surface area contributed by atoms with E-state index in [9.17, 15) is 0 Å². The van der Waals surface area contributed by atoms with E-state index < -0.39 is 0 Å². The summed E-state index contributed by atoms with van der Waals surface area (Å²) in [6, 6.07) is 10.4. The molecule has 2 atom stereocenters. The summed E-state index contributed by atoms with van der Waals surface area (Å²) in [5.74, 6) is 1.07. The molecule has 0 aliphatic carbocycles. The van der Waals surface area contributed by atoms with Gasteiger partial charge in [0.05, 0.1) is 5.52 Å². The van der Waals surface area contributed by atoms with Crippen LogP contribution in [-0.4, -0.2) is 28.6 Å². The van der Waals surface area contributed by atoms with E-state index in [4.69, 9.17) is 10.7 Å². The fourth-order valence-electron chi connectivity index (χ4n) is 2.93. The van der Waals surface area contributed by atoms with E-state index in [1.165, 1.54) is 10.9 Å². The van der Waals surface area contributed by atoms with E-state index in [-0.39, 0.29) is 0 Å². The summed E-state index contributed by atoms with van der Waals surface area (Å²) in [4.78, 5) is 7.24. The van der Waals surface area contributed by atoms with E-state index in [1.807, 2.05) is 12.1 Å². The van der Waals surface area contributed by atoms with Gasteiger partial charge in [-0.25, -0.2) is 4.98 Å². The highest BCUT2D eigenvalue weighted by Crippen LogP contribution is 2.29. The minimum absolute atomic E-state index is 0.559. The monoisotopic (exact) mass is 287 g/mol. The standard InChI is InChI=1S/C16H21N3S/c1-11-9-19(10-12(2)20-11)16-7-13(8-17)14-5-3-4-6-15(14)18-16/h3-7,11-12H,8-10,17H2,1-2H3. The number of thioether (sulfide) groups is 1. The lowest BCUT2D eigenvalue weighted by atomic mass is 10.1. The molecule has 2 heterocycles. The SMILES string of the molecule is CC1CN(c2cc(CN)c3ccccc3n2)CC(C)S1. The lowest BCUT2D eigenvalue weighted by Crippen LogP contribution is -2.40. The highest BCUT2D eigenvalue weighted by Gasteiger charge is 2.23. The van der Waals surface area contributed by atoms with Gasteiger partial charge in [-0.2, -0.15) is 11.8 Å². The minimum Gasteiger partial charge on any atom is -0.354 e. The van der Waals surface area contributed by atoms with Gasteiger partial charge in [-0.1, -0.05) is 32.0 Å². The minimum atomic E-state index is 0.559. The zero-order valence-electron chi connectivity index (χ0n) is 12.0. The molecule has 106 valence electrons. The summed E-state index contributed by atoms with van der Waals surface area (Å²) >= 11 is 2.06. The molecule has 2 unspecified atom stereocenters. The normalized spacial score (nSPS) is 23.2. The molecule has 1 aromatic carbocycles. The second kappa shape index (κ2) is 5.62. The lowest BCUT2D eigenvalue weighted by molar-refractivity contribution is 0.719. The van der Waals surface area contributed by atoms with Gasteiger partial charge < -0.3 is 10.6 Å². The van der Waals surface area contributed by atoms with Crippen LogP contribution in [0.4, 0.5) is 5.82 Å². The maximum atomic E-state index is 5.92. The quantitative estimate of drug-likeness (QED) is 0.922. The molecule has 1 aliphatic heterocycles. The second-order valence-electron chi connectivity index (χ2n) is 5.52. The van der Waals surface area contributed by atoms with Gasteiger partial charge in [0.1, 0.15) is 5.82 Å². The summed E-state index contributed by atoms with van der Waals surface area (Å²) in [6.07, 6.45) is 0. The Morgan fingerprint density at radius 2 is 1.95 bits per heavy atom. The van der Waals surface area contributed by atoms with Gasteiger partial charge in [-0.3, -0.25) is 0 Å². The number of rotatable bonds is 2. The molecule has 0 bridgehead atoms. The zero-order chi connectivity index (χ0) is 14.1. The Hall–Kier alpha value is -1.26. The van der Waals surface area contributed by atoms with Crippen molar-refractivity contribution in [1.82, 2.24) is 4.98 Å². The van der Waals surface area contributed by atoms with Crippen molar-refractivity contribution >= 4 is 28.5 Å². The number of benzene rings is 1. The molecule has 2 N–H and O–H groups in total. The molecule has 1 fully saturated rings. The Balaban J connectivity index is 2.03. The van der Waals surface area contributed by atoms with Crippen LogP contribution in [0, 0.1) is 0 Å². The average molecular weight is 287 g/mol. The van der Waals surface area contributed by atoms with Crippen molar-refractivity contribution in [3.63, 3.8) is 0 Å².